The largest absolute Gasteiger partial charge is 0.310 e. The van der Waals surface area contributed by atoms with Crippen molar-refractivity contribution >= 4 is 66.2 Å². The third-order valence-electron chi connectivity index (χ3n) is 6.47. The van der Waals surface area contributed by atoms with Gasteiger partial charge in [-0.25, -0.2) is 13.4 Å². The molecule has 1 N–H and O–H groups in total. The standard InChI is InChI=1S/C25H28ClN5O3S3/c1-15-13-21(31(29-15)24-27-18-6-5-17(25(2,3)4)14-19(18)35-24)28-23(32)16-9-11-30(12-10-16)37(33,34)22-8-7-20(26)36-22/h5-8,13-14,16H,9-12H2,1-4H3,(H,28,32). The number of piperidine rings is 1. The minimum atomic E-state index is -3.60. The number of anilines is 1. The number of thiophene rings is 1. The molecule has 0 saturated carbocycles. The maximum Gasteiger partial charge on any atom is 0.252 e. The van der Waals surface area contributed by atoms with E-state index in [1.165, 1.54) is 27.3 Å². The van der Waals surface area contributed by atoms with Crippen LogP contribution in [0.15, 0.2) is 40.6 Å². The van der Waals surface area contributed by atoms with Gasteiger partial charge in [-0.2, -0.15) is 14.1 Å². The number of hydrogen-bond donors (Lipinski definition) is 1. The smallest absolute Gasteiger partial charge is 0.252 e. The molecule has 12 heteroatoms. The number of halogens is 1. The number of hydrogen-bond acceptors (Lipinski definition) is 7. The summed E-state index contributed by atoms with van der Waals surface area (Å²) in [4.78, 5) is 17.9. The van der Waals surface area contributed by atoms with Crippen molar-refractivity contribution in [1.29, 1.82) is 0 Å². The van der Waals surface area contributed by atoms with Gasteiger partial charge in [0, 0.05) is 25.1 Å². The number of aromatic nitrogens is 3. The van der Waals surface area contributed by atoms with Crippen molar-refractivity contribution in [3.05, 3.63) is 52.0 Å². The van der Waals surface area contributed by atoms with Crippen molar-refractivity contribution in [3.63, 3.8) is 0 Å². The highest BCUT2D eigenvalue weighted by atomic mass is 35.5. The number of aryl methyl sites for hydroxylation is 1. The van der Waals surface area contributed by atoms with E-state index in [0.717, 1.165) is 27.2 Å². The number of sulfonamides is 1. The second kappa shape index (κ2) is 9.77. The maximum absolute atomic E-state index is 13.2. The molecule has 1 saturated heterocycles. The minimum Gasteiger partial charge on any atom is -0.310 e. The Labute approximate surface area is 229 Å². The van der Waals surface area contributed by atoms with Crippen molar-refractivity contribution in [3.8, 4) is 5.13 Å². The van der Waals surface area contributed by atoms with Gasteiger partial charge in [-0.1, -0.05) is 49.8 Å². The molecular weight excluding hydrogens is 550 g/mol. The van der Waals surface area contributed by atoms with E-state index in [4.69, 9.17) is 16.6 Å². The van der Waals surface area contributed by atoms with Gasteiger partial charge in [-0.3, -0.25) is 4.79 Å². The molecular formula is C25H28ClN5O3S3. The van der Waals surface area contributed by atoms with Crippen LogP contribution in [0, 0.1) is 12.8 Å². The Hall–Kier alpha value is -2.31. The van der Waals surface area contributed by atoms with Gasteiger partial charge in [-0.15, -0.1) is 11.3 Å². The summed E-state index contributed by atoms with van der Waals surface area (Å²) in [6.45, 7) is 8.97. The number of amides is 1. The number of carbonyl (C=O) groups is 1. The molecule has 196 valence electrons. The van der Waals surface area contributed by atoms with E-state index in [1.807, 2.05) is 19.1 Å². The van der Waals surface area contributed by atoms with Crippen molar-refractivity contribution in [1.82, 2.24) is 19.1 Å². The van der Waals surface area contributed by atoms with E-state index in [0.29, 0.717) is 28.1 Å². The molecule has 1 fully saturated rings. The van der Waals surface area contributed by atoms with Crippen molar-refractivity contribution < 1.29 is 13.2 Å². The summed E-state index contributed by atoms with van der Waals surface area (Å²) in [5.41, 5.74) is 2.92. The van der Waals surface area contributed by atoms with Gasteiger partial charge < -0.3 is 5.32 Å². The molecule has 0 unspecified atom stereocenters. The molecule has 0 spiro atoms. The summed E-state index contributed by atoms with van der Waals surface area (Å²) in [5, 5.41) is 8.27. The van der Waals surface area contributed by atoms with Gasteiger partial charge in [0.15, 0.2) is 0 Å². The van der Waals surface area contributed by atoms with E-state index in [2.05, 4.69) is 43.3 Å². The van der Waals surface area contributed by atoms with Crippen molar-refractivity contribution in [2.45, 2.75) is 50.2 Å². The Morgan fingerprint density at radius 3 is 2.49 bits per heavy atom. The second-order valence-electron chi connectivity index (χ2n) is 10.2. The zero-order valence-electron chi connectivity index (χ0n) is 21.0. The Morgan fingerprint density at radius 1 is 1.11 bits per heavy atom. The molecule has 37 heavy (non-hydrogen) atoms. The van der Waals surface area contributed by atoms with Crippen LogP contribution in [0.5, 0.6) is 0 Å². The quantitative estimate of drug-likeness (QED) is 0.321. The summed E-state index contributed by atoms with van der Waals surface area (Å²) in [6, 6.07) is 11.2. The molecule has 1 aromatic carbocycles. The lowest BCUT2D eigenvalue weighted by Gasteiger charge is -2.30. The number of nitrogens with one attached hydrogen (secondary N) is 1. The average Bonchev–Trinajstić information content (AvgIpc) is 3.56. The number of carbonyl (C=O) groups excluding carboxylic acids is 1. The molecule has 4 heterocycles. The first kappa shape index (κ1) is 26.3. The molecule has 0 bridgehead atoms. The lowest BCUT2D eigenvalue weighted by molar-refractivity contribution is -0.120. The van der Waals surface area contributed by atoms with Gasteiger partial charge in [0.1, 0.15) is 10.0 Å². The normalized spacial score (nSPS) is 15.9. The van der Waals surface area contributed by atoms with Crippen LogP contribution in [-0.2, 0) is 20.2 Å². The zero-order valence-corrected chi connectivity index (χ0v) is 24.2. The first-order chi connectivity index (χ1) is 17.4. The summed E-state index contributed by atoms with van der Waals surface area (Å²) >= 11 is 8.50. The van der Waals surface area contributed by atoms with Gasteiger partial charge in [0.25, 0.3) is 10.0 Å². The molecule has 0 atom stereocenters. The Kier molecular flexibility index (Phi) is 6.95. The number of rotatable bonds is 5. The summed E-state index contributed by atoms with van der Waals surface area (Å²) in [5.74, 6) is 0.112. The van der Waals surface area contributed by atoms with E-state index >= 15 is 0 Å². The highest BCUT2D eigenvalue weighted by Gasteiger charge is 2.33. The summed E-state index contributed by atoms with van der Waals surface area (Å²) in [6.07, 6.45) is 0.877. The molecule has 1 aliphatic heterocycles. The first-order valence-corrected chi connectivity index (χ1v) is 15.4. The Morgan fingerprint density at radius 2 is 1.84 bits per heavy atom. The highest BCUT2D eigenvalue weighted by molar-refractivity contribution is 7.91. The Bertz CT molecular complexity index is 1570. The molecule has 4 aromatic rings. The predicted molar refractivity (Wildman–Crippen MR) is 150 cm³/mol. The molecule has 3 aromatic heterocycles. The Balaban J connectivity index is 1.30. The lowest BCUT2D eigenvalue weighted by Crippen LogP contribution is -2.41. The van der Waals surface area contributed by atoms with Crippen LogP contribution in [0.2, 0.25) is 4.34 Å². The molecule has 0 radical (unpaired) electrons. The molecule has 1 aliphatic rings. The van der Waals surface area contributed by atoms with Crippen LogP contribution >= 0.6 is 34.3 Å². The van der Waals surface area contributed by atoms with E-state index in [9.17, 15) is 13.2 Å². The van der Waals surface area contributed by atoms with Gasteiger partial charge in [0.05, 0.1) is 20.2 Å². The predicted octanol–water partition coefficient (Wildman–Crippen LogP) is 5.84. The fourth-order valence-electron chi connectivity index (χ4n) is 4.35. The summed E-state index contributed by atoms with van der Waals surface area (Å²) < 4.78 is 30.6. The third kappa shape index (κ3) is 5.33. The number of fused-ring (bicyclic) bond motifs is 1. The number of thiazole rings is 1. The first-order valence-electron chi connectivity index (χ1n) is 12.0. The van der Waals surface area contributed by atoms with Crippen LogP contribution in [-0.4, -0.2) is 46.5 Å². The van der Waals surface area contributed by atoms with Gasteiger partial charge in [-0.05, 0) is 55.0 Å². The van der Waals surface area contributed by atoms with Crippen LogP contribution < -0.4 is 5.32 Å². The highest BCUT2D eigenvalue weighted by Crippen LogP contribution is 2.33. The lowest BCUT2D eigenvalue weighted by atomic mass is 9.87. The van der Waals surface area contributed by atoms with Crippen molar-refractivity contribution in [2.24, 2.45) is 5.92 Å². The van der Waals surface area contributed by atoms with Gasteiger partial charge >= 0.3 is 0 Å². The minimum absolute atomic E-state index is 0.0332. The third-order valence-corrected chi connectivity index (χ3v) is 11.1. The molecule has 1 amide bonds. The fraction of sp³-hybridized carbons (Fsp3) is 0.400. The molecule has 8 nitrogen and oxygen atoms in total. The van der Waals surface area contributed by atoms with Crippen LogP contribution in [0.3, 0.4) is 0 Å². The monoisotopic (exact) mass is 577 g/mol. The van der Waals surface area contributed by atoms with Crippen LogP contribution in [0.4, 0.5) is 5.82 Å². The van der Waals surface area contributed by atoms with Crippen LogP contribution in [0.1, 0.15) is 44.9 Å². The second-order valence-corrected chi connectivity index (χ2v) is 15.1. The fourth-order valence-corrected chi connectivity index (χ4v) is 8.43. The van der Waals surface area contributed by atoms with Crippen molar-refractivity contribution in [2.75, 3.05) is 18.4 Å². The van der Waals surface area contributed by atoms with E-state index < -0.39 is 10.0 Å². The van der Waals surface area contributed by atoms with Crippen LogP contribution in [0.25, 0.3) is 15.3 Å². The maximum atomic E-state index is 13.2. The summed E-state index contributed by atoms with van der Waals surface area (Å²) in [7, 11) is -3.60. The van der Waals surface area contributed by atoms with E-state index in [-0.39, 0.29) is 34.5 Å². The number of benzene rings is 1. The van der Waals surface area contributed by atoms with Gasteiger partial charge in [0.2, 0.25) is 11.0 Å². The zero-order chi connectivity index (χ0) is 26.5. The molecule has 5 rings (SSSR count). The average molecular weight is 578 g/mol. The topological polar surface area (TPSA) is 97.2 Å². The van der Waals surface area contributed by atoms with E-state index in [1.54, 1.807) is 10.7 Å². The number of nitrogens with zero attached hydrogens (tertiary/aromatic N) is 4. The molecule has 0 aliphatic carbocycles. The SMILES string of the molecule is Cc1cc(NC(=O)C2CCN(S(=O)(=O)c3ccc(Cl)s3)CC2)n(-c2nc3ccc(C(C)(C)C)cc3s2)n1.